The van der Waals surface area contributed by atoms with Gasteiger partial charge >= 0.3 is 0 Å². The zero-order chi connectivity index (χ0) is 15.5. The summed E-state index contributed by atoms with van der Waals surface area (Å²) in [5, 5.41) is 2.96. The highest BCUT2D eigenvalue weighted by molar-refractivity contribution is 7.13. The number of aryl methyl sites for hydroxylation is 1. The van der Waals surface area contributed by atoms with Crippen LogP contribution in [0.15, 0.2) is 29.6 Å². The zero-order valence-electron chi connectivity index (χ0n) is 12.8. The van der Waals surface area contributed by atoms with Gasteiger partial charge in [0.05, 0.1) is 12.1 Å². The number of aromatic nitrogens is 1. The number of nitrogens with zero attached hydrogens (tertiary/aromatic N) is 2. The van der Waals surface area contributed by atoms with Gasteiger partial charge in [-0.1, -0.05) is 29.8 Å². The normalized spacial score (nSPS) is 16.0. The average molecular weight is 315 g/mol. The first-order valence-corrected chi connectivity index (χ1v) is 8.54. The molecule has 0 atom stereocenters. The minimum atomic E-state index is 0.160. The summed E-state index contributed by atoms with van der Waals surface area (Å²) in [5.41, 5.74) is 9.09. The Morgan fingerprint density at radius 3 is 2.68 bits per heavy atom. The van der Waals surface area contributed by atoms with Crippen LogP contribution in [0.1, 0.15) is 24.1 Å². The number of thiazole rings is 1. The molecule has 2 N–H and O–H groups in total. The number of likely N-dealkylation sites (tertiary alicyclic amines) is 1. The molecule has 1 saturated heterocycles. The summed E-state index contributed by atoms with van der Waals surface area (Å²) in [6.45, 7) is 3.62. The maximum absolute atomic E-state index is 12.3. The number of benzene rings is 1. The fourth-order valence-electron chi connectivity index (χ4n) is 2.63. The Morgan fingerprint density at radius 1 is 1.32 bits per heavy atom. The van der Waals surface area contributed by atoms with Crippen LogP contribution in [-0.2, 0) is 11.2 Å². The molecule has 116 valence electrons. The van der Waals surface area contributed by atoms with Crippen molar-refractivity contribution in [3.63, 3.8) is 0 Å². The number of hydrogen-bond acceptors (Lipinski definition) is 4. The van der Waals surface area contributed by atoms with Gasteiger partial charge in [0.25, 0.3) is 0 Å². The van der Waals surface area contributed by atoms with E-state index in [0.717, 1.165) is 42.2 Å². The fraction of sp³-hybridized carbons (Fsp3) is 0.412. The first kappa shape index (κ1) is 15.2. The number of rotatable bonds is 3. The van der Waals surface area contributed by atoms with E-state index < -0.39 is 0 Å². The van der Waals surface area contributed by atoms with Crippen molar-refractivity contribution in [3.8, 4) is 10.6 Å². The Kier molecular flexibility index (Phi) is 4.55. The first-order chi connectivity index (χ1) is 10.6. The molecule has 1 aromatic heterocycles. The molecule has 1 fully saturated rings. The molecular formula is C17H21N3OS. The number of hydrogen-bond donors (Lipinski definition) is 1. The Hall–Kier alpha value is -1.72. The zero-order valence-corrected chi connectivity index (χ0v) is 13.6. The van der Waals surface area contributed by atoms with Gasteiger partial charge in [0.15, 0.2) is 0 Å². The summed E-state index contributed by atoms with van der Waals surface area (Å²) < 4.78 is 0. The minimum Gasteiger partial charge on any atom is -0.342 e. The molecule has 0 aliphatic carbocycles. The van der Waals surface area contributed by atoms with E-state index in [1.807, 2.05) is 10.3 Å². The lowest BCUT2D eigenvalue weighted by atomic mass is 10.1. The van der Waals surface area contributed by atoms with Crippen molar-refractivity contribution >= 4 is 17.2 Å². The predicted octanol–water partition coefficient (Wildman–Crippen LogP) is 2.61. The maximum Gasteiger partial charge on any atom is 0.228 e. The number of carbonyl (C=O) groups is 1. The van der Waals surface area contributed by atoms with Crippen LogP contribution >= 0.6 is 11.3 Å². The number of piperidine rings is 1. The van der Waals surface area contributed by atoms with Gasteiger partial charge < -0.3 is 10.6 Å². The smallest absolute Gasteiger partial charge is 0.228 e. The first-order valence-electron chi connectivity index (χ1n) is 7.66. The summed E-state index contributed by atoms with van der Waals surface area (Å²) in [5.74, 6) is 0.160. The van der Waals surface area contributed by atoms with Gasteiger partial charge in [-0.15, -0.1) is 11.3 Å². The quantitative estimate of drug-likeness (QED) is 0.947. The Labute approximate surface area is 135 Å². The van der Waals surface area contributed by atoms with E-state index in [1.54, 1.807) is 11.3 Å². The third-order valence-electron chi connectivity index (χ3n) is 4.07. The monoisotopic (exact) mass is 315 g/mol. The van der Waals surface area contributed by atoms with Crippen LogP contribution < -0.4 is 5.73 Å². The maximum atomic E-state index is 12.3. The van der Waals surface area contributed by atoms with Crippen molar-refractivity contribution in [2.45, 2.75) is 32.2 Å². The molecule has 2 aromatic rings. The topological polar surface area (TPSA) is 59.2 Å². The lowest BCUT2D eigenvalue weighted by molar-refractivity contribution is -0.131. The van der Waals surface area contributed by atoms with Gasteiger partial charge in [-0.05, 0) is 19.8 Å². The van der Waals surface area contributed by atoms with Crippen LogP contribution in [0.25, 0.3) is 10.6 Å². The molecule has 0 bridgehead atoms. The second kappa shape index (κ2) is 6.58. The van der Waals surface area contributed by atoms with E-state index in [2.05, 4.69) is 36.2 Å². The van der Waals surface area contributed by atoms with Crippen molar-refractivity contribution in [2.75, 3.05) is 13.1 Å². The van der Waals surface area contributed by atoms with E-state index in [9.17, 15) is 4.79 Å². The molecule has 0 spiro atoms. The van der Waals surface area contributed by atoms with E-state index >= 15 is 0 Å². The van der Waals surface area contributed by atoms with Crippen LogP contribution in [-0.4, -0.2) is 34.9 Å². The summed E-state index contributed by atoms with van der Waals surface area (Å²) in [7, 11) is 0. The summed E-state index contributed by atoms with van der Waals surface area (Å²) in [4.78, 5) is 18.8. The average Bonchev–Trinajstić information content (AvgIpc) is 2.97. The van der Waals surface area contributed by atoms with E-state index in [1.165, 1.54) is 5.56 Å². The van der Waals surface area contributed by atoms with Gasteiger partial charge in [-0.2, -0.15) is 0 Å². The van der Waals surface area contributed by atoms with Crippen LogP contribution in [0.4, 0.5) is 0 Å². The van der Waals surface area contributed by atoms with Gasteiger partial charge in [-0.3, -0.25) is 4.79 Å². The molecular weight excluding hydrogens is 294 g/mol. The number of nitrogens with two attached hydrogens (primary N) is 1. The Morgan fingerprint density at radius 2 is 2.00 bits per heavy atom. The molecule has 5 heteroatoms. The predicted molar refractivity (Wildman–Crippen MR) is 89.8 cm³/mol. The fourth-order valence-corrected chi connectivity index (χ4v) is 3.46. The van der Waals surface area contributed by atoms with E-state index in [4.69, 9.17) is 5.73 Å². The van der Waals surface area contributed by atoms with Crippen molar-refractivity contribution in [1.29, 1.82) is 0 Å². The molecule has 0 radical (unpaired) electrons. The van der Waals surface area contributed by atoms with Crippen LogP contribution in [0.2, 0.25) is 0 Å². The Balaban J connectivity index is 1.64. The highest BCUT2D eigenvalue weighted by atomic mass is 32.1. The highest BCUT2D eigenvalue weighted by Gasteiger charge is 2.21. The van der Waals surface area contributed by atoms with Gasteiger partial charge in [-0.25, -0.2) is 4.98 Å². The number of amides is 1. The third kappa shape index (κ3) is 3.54. The standard InChI is InChI=1S/C17H21N3OS/c1-12-2-4-13(5-3-12)17-19-15(11-22-17)10-16(21)20-8-6-14(18)7-9-20/h2-5,11,14H,6-10,18H2,1H3. The minimum absolute atomic E-state index is 0.160. The van der Waals surface area contributed by atoms with Crippen molar-refractivity contribution in [2.24, 2.45) is 5.73 Å². The molecule has 3 rings (SSSR count). The third-order valence-corrected chi connectivity index (χ3v) is 5.02. The summed E-state index contributed by atoms with van der Waals surface area (Å²) >= 11 is 1.60. The summed E-state index contributed by atoms with van der Waals surface area (Å²) in [6.07, 6.45) is 2.19. The van der Waals surface area contributed by atoms with Gasteiger partial charge in [0, 0.05) is 30.1 Å². The molecule has 1 aliphatic heterocycles. The Bertz CT molecular complexity index is 642. The molecule has 0 unspecified atom stereocenters. The van der Waals surface area contributed by atoms with Crippen LogP contribution in [0, 0.1) is 6.92 Å². The number of carbonyl (C=O) groups excluding carboxylic acids is 1. The molecule has 4 nitrogen and oxygen atoms in total. The molecule has 1 amide bonds. The highest BCUT2D eigenvalue weighted by Crippen LogP contribution is 2.24. The van der Waals surface area contributed by atoms with Gasteiger partial charge in [0.1, 0.15) is 5.01 Å². The van der Waals surface area contributed by atoms with E-state index in [0.29, 0.717) is 6.42 Å². The van der Waals surface area contributed by atoms with Crippen LogP contribution in [0.5, 0.6) is 0 Å². The molecule has 1 aromatic carbocycles. The van der Waals surface area contributed by atoms with Crippen molar-refractivity contribution in [3.05, 3.63) is 40.9 Å². The van der Waals surface area contributed by atoms with Crippen LogP contribution in [0.3, 0.4) is 0 Å². The SMILES string of the molecule is Cc1ccc(-c2nc(CC(=O)N3CCC(N)CC3)cs2)cc1. The summed E-state index contributed by atoms with van der Waals surface area (Å²) in [6, 6.07) is 8.56. The van der Waals surface area contributed by atoms with Crippen molar-refractivity contribution < 1.29 is 4.79 Å². The lowest BCUT2D eigenvalue weighted by Gasteiger charge is -2.30. The molecule has 1 aliphatic rings. The van der Waals surface area contributed by atoms with Gasteiger partial charge in [0.2, 0.25) is 5.91 Å². The molecule has 22 heavy (non-hydrogen) atoms. The molecule has 2 heterocycles. The molecule has 0 saturated carbocycles. The lowest BCUT2D eigenvalue weighted by Crippen LogP contribution is -2.43. The van der Waals surface area contributed by atoms with Crippen molar-refractivity contribution in [1.82, 2.24) is 9.88 Å². The second-order valence-corrected chi connectivity index (χ2v) is 6.76. The van der Waals surface area contributed by atoms with E-state index in [-0.39, 0.29) is 11.9 Å². The largest absolute Gasteiger partial charge is 0.342 e. The second-order valence-electron chi connectivity index (χ2n) is 5.91.